The molecule has 0 atom stereocenters. The van der Waals surface area contributed by atoms with Crippen LogP contribution in [0.25, 0.3) is 11.3 Å². The van der Waals surface area contributed by atoms with Crippen molar-refractivity contribution in [2.75, 3.05) is 38.5 Å². The van der Waals surface area contributed by atoms with Crippen LogP contribution in [0.4, 0.5) is 11.6 Å². The van der Waals surface area contributed by atoms with Gasteiger partial charge in [0, 0.05) is 36.6 Å². The third-order valence-corrected chi connectivity index (χ3v) is 6.81. The Morgan fingerprint density at radius 3 is 2.59 bits per heavy atom. The van der Waals surface area contributed by atoms with Crippen molar-refractivity contribution in [3.63, 3.8) is 0 Å². The number of aryl methyl sites for hydroxylation is 1. The van der Waals surface area contributed by atoms with Gasteiger partial charge in [-0.1, -0.05) is 24.3 Å². The van der Waals surface area contributed by atoms with Gasteiger partial charge in [-0.2, -0.15) is 10.4 Å². The number of benzene rings is 1. The van der Waals surface area contributed by atoms with Gasteiger partial charge < -0.3 is 15.5 Å². The zero-order chi connectivity index (χ0) is 23.7. The molecule has 174 valence electrons. The Balaban J connectivity index is 1.32. The van der Waals surface area contributed by atoms with Crippen molar-refractivity contribution in [1.29, 1.82) is 5.26 Å². The molecule has 9 nitrogen and oxygen atoms in total. The van der Waals surface area contributed by atoms with Gasteiger partial charge in [0.25, 0.3) is 0 Å². The first-order valence-corrected chi connectivity index (χ1v) is 11.6. The van der Waals surface area contributed by atoms with Crippen LogP contribution in [-0.2, 0) is 0 Å². The molecule has 4 heterocycles. The zero-order valence-corrected chi connectivity index (χ0v) is 19.5. The smallest absolute Gasteiger partial charge is 0.227 e. The second-order valence-electron chi connectivity index (χ2n) is 9.30. The number of likely N-dealkylation sites (tertiary alicyclic amines) is 1. The monoisotopic (exact) mass is 456 g/mol. The average molecular weight is 457 g/mol. The summed E-state index contributed by atoms with van der Waals surface area (Å²) in [6, 6.07) is 9.89. The van der Waals surface area contributed by atoms with Gasteiger partial charge in [0.15, 0.2) is 5.78 Å². The highest BCUT2D eigenvalue weighted by atomic mass is 16.1. The van der Waals surface area contributed by atoms with Crippen LogP contribution in [-0.4, -0.2) is 63.7 Å². The molecule has 3 aromatic rings. The van der Waals surface area contributed by atoms with E-state index in [1.54, 1.807) is 18.3 Å². The Bertz CT molecular complexity index is 1230. The van der Waals surface area contributed by atoms with E-state index in [9.17, 15) is 10.1 Å². The van der Waals surface area contributed by atoms with E-state index in [0.29, 0.717) is 30.6 Å². The molecule has 2 saturated heterocycles. The first-order chi connectivity index (χ1) is 16.5. The maximum atomic E-state index is 12.8. The summed E-state index contributed by atoms with van der Waals surface area (Å²) in [4.78, 5) is 24.3. The highest BCUT2D eigenvalue weighted by Crippen LogP contribution is 2.29. The molecule has 0 aliphatic carbocycles. The number of rotatable bonds is 6. The lowest BCUT2D eigenvalue weighted by molar-refractivity contribution is 0.0790. The number of ketones is 1. The molecular formula is C25H28N8O. The molecular weight excluding hydrogens is 428 g/mol. The average Bonchev–Trinajstić information content (AvgIpc) is 3.29. The molecule has 0 saturated carbocycles. The standard InChI is InChI=1S/C25H28N8O/c1-17-11-28-24(30-20-12-29-33(13-20)21-7-9-32(2)10-8-21)31-22(17)18-3-5-19(6-4-18)23(34)25(14-26)15-27-16-25/h3-6,11-13,21,27H,7-10,15-16H2,1-2H3,(H,28,30,31). The number of nitriles is 1. The van der Waals surface area contributed by atoms with Crippen molar-refractivity contribution in [3.05, 3.63) is 54.0 Å². The number of carbonyl (C=O) groups excluding carboxylic acids is 1. The molecule has 0 radical (unpaired) electrons. The summed E-state index contributed by atoms with van der Waals surface area (Å²) < 4.78 is 2.03. The molecule has 1 aromatic carbocycles. The first-order valence-electron chi connectivity index (χ1n) is 11.6. The molecule has 2 fully saturated rings. The highest BCUT2D eigenvalue weighted by Gasteiger charge is 2.44. The molecule has 9 heteroatoms. The summed E-state index contributed by atoms with van der Waals surface area (Å²) in [6.07, 6.45) is 7.79. The van der Waals surface area contributed by atoms with Crippen LogP contribution < -0.4 is 10.6 Å². The van der Waals surface area contributed by atoms with Gasteiger partial charge in [0.1, 0.15) is 5.41 Å². The minimum Gasteiger partial charge on any atom is -0.321 e. The van der Waals surface area contributed by atoms with Crippen molar-refractivity contribution in [2.45, 2.75) is 25.8 Å². The van der Waals surface area contributed by atoms with E-state index in [2.05, 4.69) is 38.7 Å². The Labute approximate surface area is 198 Å². The second kappa shape index (κ2) is 8.97. The number of Topliss-reactive ketones (excluding diaryl/α,β-unsaturated/α-hetero) is 1. The van der Waals surface area contributed by atoms with Gasteiger partial charge >= 0.3 is 0 Å². The summed E-state index contributed by atoms with van der Waals surface area (Å²) in [5.74, 6) is 0.358. The molecule has 0 spiro atoms. The number of carbonyl (C=O) groups is 1. The predicted molar refractivity (Wildman–Crippen MR) is 129 cm³/mol. The third-order valence-electron chi connectivity index (χ3n) is 6.81. The SMILES string of the molecule is Cc1cnc(Nc2cnn(C3CCN(C)CC3)c2)nc1-c1ccc(C(=O)C2(C#N)CNC2)cc1. The Morgan fingerprint density at radius 2 is 1.94 bits per heavy atom. The Kier molecular flexibility index (Phi) is 5.86. The van der Waals surface area contributed by atoms with Crippen LogP contribution in [0.1, 0.15) is 34.8 Å². The van der Waals surface area contributed by atoms with Crippen LogP contribution in [0.3, 0.4) is 0 Å². The van der Waals surface area contributed by atoms with Crippen molar-refractivity contribution < 1.29 is 4.79 Å². The number of nitrogens with one attached hydrogen (secondary N) is 2. The van der Waals surface area contributed by atoms with E-state index in [1.165, 1.54) is 0 Å². The van der Waals surface area contributed by atoms with Crippen molar-refractivity contribution >= 4 is 17.4 Å². The summed E-state index contributed by atoms with van der Waals surface area (Å²) >= 11 is 0. The maximum Gasteiger partial charge on any atom is 0.227 e. The maximum absolute atomic E-state index is 12.8. The first kappa shape index (κ1) is 22.2. The minimum absolute atomic E-state index is 0.135. The Morgan fingerprint density at radius 1 is 1.21 bits per heavy atom. The fourth-order valence-electron chi connectivity index (χ4n) is 4.51. The third kappa shape index (κ3) is 4.18. The summed E-state index contributed by atoms with van der Waals surface area (Å²) in [5, 5.41) is 20.3. The second-order valence-corrected chi connectivity index (χ2v) is 9.30. The number of nitrogens with zero attached hydrogens (tertiary/aromatic N) is 6. The molecule has 34 heavy (non-hydrogen) atoms. The van der Waals surface area contributed by atoms with Crippen molar-refractivity contribution in [2.24, 2.45) is 5.41 Å². The number of aromatic nitrogens is 4. The minimum atomic E-state index is -0.943. The fourth-order valence-corrected chi connectivity index (χ4v) is 4.51. The van der Waals surface area contributed by atoms with Gasteiger partial charge in [0.2, 0.25) is 5.95 Å². The van der Waals surface area contributed by atoms with E-state index in [-0.39, 0.29) is 5.78 Å². The summed E-state index contributed by atoms with van der Waals surface area (Å²) in [5.41, 5.74) is 3.06. The van der Waals surface area contributed by atoms with Gasteiger partial charge in [-0.3, -0.25) is 9.48 Å². The lowest BCUT2D eigenvalue weighted by Gasteiger charge is -2.34. The molecule has 2 aliphatic heterocycles. The number of hydrogen-bond acceptors (Lipinski definition) is 8. The topological polar surface area (TPSA) is 112 Å². The van der Waals surface area contributed by atoms with Gasteiger partial charge in [-0.15, -0.1) is 0 Å². The van der Waals surface area contributed by atoms with Crippen molar-refractivity contribution in [1.82, 2.24) is 30.0 Å². The number of piperidine rings is 1. The molecule has 2 N–H and O–H groups in total. The van der Waals surface area contributed by atoms with Crippen LogP contribution in [0.5, 0.6) is 0 Å². The molecule has 2 aliphatic rings. The van der Waals surface area contributed by atoms with E-state index < -0.39 is 5.41 Å². The molecule has 0 unspecified atom stereocenters. The quantitative estimate of drug-likeness (QED) is 0.545. The fraction of sp³-hybridized carbons (Fsp3) is 0.400. The number of anilines is 2. The molecule has 5 rings (SSSR count). The summed E-state index contributed by atoms with van der Waals surface area (Å²) in [6.45, 7) is 4.92. The zero-order valence-electron chi connectivity index (χ0n) is 19.5. The molecule has 0 bridgehead atoms. The Hall–Kier alpha value is -3.61. The lowest BCUT2D eigenvalue weighted by Crippen LogP contribution is -2.57. The molecule has 2 aromatic heterocycles. The van der Waals surface area contributed by atoms with Crippen LogP contribution in [0, 0.1) is 23.7 Å². The van der Waals surface area contributed by atoms with E-state index in [1.807, 2.05) is 36.1 Å². The summed E-state index contributed by atoms with van der Waals surface area (Å²) in [7, 11) is 2.15. The van der Waals surface area contributed by atoms with Gasteiger partial charge in [-0.25, -0.2) is 9.97 Å². The highest BCUT2D eigenvalue weighted by molar-refractivity contribution is 6.03. The van der Waals surface area contributed by atoms with Crippen LogP contribution in [0.15, 0.2) is 42.9 Å². The van der Waals surface area contributed by atoms with Gasteiger partial charge in [-0.05, 0) is 45.5 Å². The normalized spacial score (nSPS) is 18.1. The van der Waals surface area contributed by atoms with E-state index >= 15 is 0 Å². The van der Waals surface area contributed by atoms with Crippen molar-refractivity contribution in [3.8, 4) is 17.3 Å². The van der Waals surface area contributed by atoms with Crippen LogP contribution >= 0.6 is 0 Å². The van der Waals surface area contributed by atoms with Crippen LogP contribution in [0.2, 0.25) is 0 Å². The van der Waals surface area contributed by atoms with E-state index in [0.717, 1.165) is 48.4 Å². The van der Waals surface area contributed by atoms with Gasteiger partial charge in [0.05, 0.1) is 29.7 Å². The number of hydrogen-bond donors (Lipinski definition) is 2. The largest absolute Gasteiger partial charge is 0.321 e. The predicted octanol–water partition coefficient (Wildman–Crippen LogP) is 2.95. The lowest BCUT2D eigenvalue weighted by atomic mass is 9.76. The van der Waals surface area contributed by atoms with E-state index in [4.69, 9.17) is 4.98 Å². The molecule has 0 amide bonds.